The molecule has 0 amide bonds. The van der Waals surface area contributed by atoms with Crippen LogP contribution < -0.4 is 0 Å². The van der Waals surface area contributed by atoms with E-state index in [-0.39, 0.29) is 0 Å². The van der Waals surface area contributed by atoms with Crippen LogP contribution in [0.4, 0.5) is 0 Å². The van der Waals surface area contributed by atoms with Crippen LogP contribution in [0.2, 0.25) is 0 Å². The molecule has 0 aromatic rings. The third-order valence-corrected chi connectivity index (χ3v) is 4.17. The van der Waals surface area contributed by atoms with Crippen LogP contribution in [-0.4, -0.2) is 0 Å². The van der Waals surface area contributed by atoms with Crippen LogP contribution in [0.5, 0.6) is 0 Å². The van der Waals surface area contributed by atoms with Crippen LogP contribution >= 0.6 is 0 Å². The van der Waals surface area contributed by atoms with Crippen molar-refractivity contribution in [3.63, 3.8) is 0 Å². The fraction of sp³-hybridized carbons (Fsp3) is 1.00. The molecule has 0 aliphatic heterocycles. The number of hydrogen-bond donors (Lipinski definition) is 0. The molecule has 0 nitrogen and oxygen atoms in total. The second kappa shape index (κ2) is 5.02. The minimum atomic E-state index is 0.490. The van der Waals surface area contributed by atoms with Crippen LogP contribution in [0.15, 0.2) is 0 Å². The maximum absolute atomic E-state index is 2.43. The maximum atomic E-state index is 2.43. The smallest absolute Gasteiger partial charge is 0.0300 e. The summed E-state index contributed by atoms with van der Waals surface area (Å²) in [5, 5.41) is 0. The van der Waals surface area contributed by atoms with Gasteiger partial charge in [0, 0.05) is 0 Å². The Hall–Kier alpha value is 0. The highest BCUT2D eigenvalue weighted by atomic mass is 14.4. The molecule has 0 bridgehead atoms. The van der Waals surface area contributed by atoms with Crippen molar-refractivity contribution < 1.29 is 0 Å². The molecule has 80 valence electrons. The van der Waals surface area contributed by atoms with Gasteiger partial charge in [-0.2, -0.15) is 0 Å². The lowest BCUT2D eigenvalue weighted by Crippen LogP contribution is -2.32. The van der Waals surface area contributed by atoms with E-state index >= 15 is 0 Å². The maximum Gasteiger partial charge on any atom is -0.0300 e. The van der Waals surface area contributed by atoms with E-state index in [0.29, 0.717) is 5.41 Å². The Morgan fingerprint density at radius 1 is 1.00 bits per heavy atom. The minimum Gasteiger partial charge on any atom is -0.0654 e. The van der Waals surface area contributed by atoms with E-state index in [9.17, 15) is 0 Å². The lowest BCUT2D eigenvalue weighted by atomic mass is 9.66. The molecule has 0 aromatic heterocycles. The molecule has 0 saturated heterocycles. The SMILES string of the molecule is CCCC(C)C(C)(C)C(C)C(C)C. The van der Waals surface area contributed by atoms with Crippen molar-refractivity contribution >= 4 is 0 Å². The summed E-state index contributed by atoms with van der Waals surface area (Å²) in [7, 11) is 0. The first-order valence-corrected chi connectivity index (χ1v) is 5.84. The largest absolute Gasteiger partial charge is 0.0654 e. The predicted octanol–water partition coefficient (Wildman–Crippen LogP) is 4.74. The molecule has 0 heteroatoms. The van der Waals surface area contributed by atoms with Crippen molar-refractivity contribution in [1.82, 2.24) is 0 Å². The van der Waals surface area contributed by atoms with Gasteiger partial charge in [0.25, 0.3) is 0 Å². The van der Waals surface area contributed by atoms with Gasteiger partial charge >= 0.3 is 0 Å². The predicted molar refractivity (Wildman–Crippen MR) is 61.9 cm³/mol. The standard InChI is InChI=1S/C13H28/c1-8-9-11(4)13(6,7)12(5)10(2)3/h10-12H,8-9H2,1-7H3. The first kappa shape index (κ1) is 13.0. The van der Waals surface area contributed by atoms with Gasteiger partial charge in [0.05, 0.1) is 0 Å². The number of rotatable bonds is 5. The van der Waals surface area contributed by atoms with Gasteiger partial charge < -0.3 is 0 Å². The molecule has 0 radical (unpaired) electrons. The molecular weight excluding hydrogens is 156 g/mol. The Morgan fingerprint density at radius 2 is 1.46 bits per heavy atom. The molecule has 0 N–H and O–H groups in total. The molecular formula is C13H28. The molecule has 2 unspecified atom stereocenters. The van der Waals surface area contributed by atoms with Gasteiger partial charge in [-0.05, 0) is 23.2 Å². The number of hydrogen-bond acceptors (Lipinski definition) is 0. The molecule has 13 heavy (non-hydrogen) atoms. The van der Waals surface area contributed by atoms with Crippen LogP contribution in [0.25, 0.3) is 0 Å². The highest BCUT2D eigenvalue weighted by molar-refractivity contribution is 4.82. The summed E-state index contributed by atoms with van der Waals surface area (Å²) in [6, 6.07) is 0. The molecule has 0 heterocycles. The van der Waals surface area contributed by atoms with Gasteiger partial charge in [-0.1, -0.05) is 61.3 Å². The van der Waals surface area contributed by atoms with Crippen LogP contribution in [0.3, 0.4) is 0 Å². The summed E-state index contributed by atoms with van der Waals surface area (Å²) in [6.07, 6.45) is 2.68. The second-order valence-corrected chi connectivity index (χ2v) is 5.54. The summed E-state index contributed by atoms with van der Waals surface area (Å²) < 4.78 is 0. The van der Waals surface area contributed by atoms with Crippen molar-refractivity contribution in [2.24, 2.45) is 23.2 Å². The Bertz CT molecular complexity index is 133. The molecule has 0 saturated carbocycles. The van der Waals surface area contributed by atoms with Gasteiger partial charge in [0.1, 0.15) is 0 Å². The van der Waals surface area contributed by atoms with Crippen LogP contribution in [-0.2, 0) is 0 Å². The zero-order valence-electron chi connectivity index (χ0n) is 10.6. The lowest BCUT2D eigenvalue weighted by Gasteiger charge is -2.40. The Labute approximate surface area is 85.1 Å². The van der Waals surface area contributed by atoms with Gasteiger partial charge in [-0.3, -0.25) is 0 Å². The third kappa shape index (κ3) is 3.32. The fourth-order valence-electron chi connectivity index (χ4n) is 2.11. The minimum absolute atomic E-state index is 0.490. The highest BCUT2D eigenvalue weighted by Gasteiger charge is 2.32. The molecule has 0 spiro atoms. The third-order valence-electron chi connectivity index (χ3n) is 4.17. The van der Waals surface area contributed by atoms with E-state index < -0.39 is 0 Å². The molecule has 0 rings (SSSR count). The lowest BCUT2D eigenvalue weighted by molar-refractivity contribution is 0.0958. The Morgan fingerprint density at radius 3 is 1.77 bits per heavy atom. The van der Waals surface area contributed by atoms with Crippen LogP contribution in [0.1, 0.15) is 61.3 Å². The van der Waals surface area contributed by atoms with E-state index in [1.54, 1.807) is 0 Å². The molecule has 0 aliphatic rings. The average Bonchev–Trinajstić information content (AvgIpc) is 2.03. The van der Waals surface area contributed by atoms with Crippen molar-refractivity contribution in [1.29, 1.82) is 0 Å². The summed E-state index contributed by atoms with van der Waals surface area (Å²) in [6.45, 7) is 16.6. The Balaban J connectivity index is 4.35. The molecule has 0 aromatic carbocycles. The monoisotopic (exact) mass is 184 g/mol. The topological polar surface area (TPSA) is 0 Å². The van der Waals surface area contributed by atoms with E-state index in [1.807, 2.05) is 0 Å². The van der Waals surface area contributed by atoms with E-state index in [1.165, 1.54) is 12.8 Å². The zero-order chi connectivity index (χ0) is 10.6. The van der Waals surface area contributed by atoms with Crippen molar-refractivity contribution in [2.75, 3.05) is 0 Å². The zero-order valence-corrected chi connectivity index (χ0v) is 10.6. The first-order valence-electron chi connectivity index (χ1n) is 5.84. The Kier molecular flexibility index (Phi) is 5.02. The summed E-state index contributed by atoms with van der Waals surface area (Å²) in [5.41, 5.74) is 0.490. The first-order chi connectivity index (χ1) is 5.84. The molecule has 0 fully saturated rings. The highest BCUT2D eigenvalue weighted by Crippen LogP contribution is 2.40. The van der Waals surface area contributed by atoms with Gasteiger partial charge in [0.15, 0.2) is 0 Å². The fourth-order valence-corrected chi connectivity index (χ4v) is 2.11. The summed E-state index contributed by atoms with van der Waals surface area (Å²) >= 11 is 0. The van der Waals surface area contributed by atoms with Crippen molar-refractivity contribution in [3.8, 4) is 0 Å². The van der Waals surface area contributed by atoms with Gasteiger partial charge in [-0.15, -0.1) is 0 Å². The summed E-state index contributed by atoms with van der Waals surface area (Å²) in [5.74, 6) is 2.46. The average molecular weight is 184 g/mol. The van der Waals surface area contributed by atoms with E-state index in [4.69, 9.17) is 0 Å². The van der Waals surface area contributed by atoms with Crippen LogP contribution in [0, 0.1) is 23.2 Å². The van der Waals surface area contributed by atoms with E-state index in [2.05, 4.69) is 48.5 Å². The van der Waals surface area contributed by atoms with Crippen molar-refractivity contribution in [3.05, 3.63) is 0 Å². The molecule has 0 aliphatic carbocycles. The second-order valence-electron chi connectivity index (χ2n) is 5.54. The molecule has 2 atom stereocenters. The van der Waals surface area contributed by atoms with Gasteiger partial charge in [-0.25, -0.2) is 0 Å². The van der Waals surface area contributed by atoms with E-state index in [0.717, 1.165) is 17.8 Å². The van der Waals surface area contributed by atoms with Gasteiger partial charge in [0.2, 0.25) is 0 Å². The summed E-state index contributed by atoms with van der Waals surface area (Å²) in [4.78, 5) is 0. The van der Waals surface area contributed by atoms with Crippen molar-refractivity contribution in [2.45, 2.75) is 61.3 Å². The quantitative estimate of drug-likeness (QED) is 0.579. The normalized spacial score (nSPS) is 17.5.